The molecule has 1 atom stereocenters. The predicted octanol–water partition coefficient (Wildman–Crippen LogP) is 5.63. The van der Waals surface area contributed by atoms with Crippen LogP contribution < -0.4 is 0 Å². The highest BCUT2D eigenvalue weighted by atomic mass is 16.4. The molecule has 0 saturated heterocycles. The van der Waals surface area contributed by atoms with Crippen molar-refractivity contribution in [1.29, 1.82) is 0 Å². The number of aliphatic carboxylic acids is 3. The van der Waals surface area contributed by atoms with Crippen LogP contribution in [0.5, 0.6) is 0 Å². The zero-order chi connectivity index (χ0) is 31.7. The van der Waals surface area contributed by atoms with E-state index >= 15 is 0 Å². The molecule has 0 fully saturated rings. The predicted molar refractivity (Wildman–Crippen MR) is 158 cm³/mol. The average Bonchev–Trinajstić information content (AvgIpc) is 2.90. The largest absolute Gasteiger partial charge is 0.481 e. The molecule has 0 aliphatic carbocycles. The van der Waals surface area contributed by atoms with Gasteiger partial charge in [-0.2, -0.15) is 0 Å². The second kappa shape index (κ2) is 35.3. The Labute approximate surface area is 242 Å². The van der Waals surface area contributed by atoms with Gasteiger partial charge >= 0.3 is 17.9 Å². The minimum atomic E-state index is -1.15. The summed E-state index contributed by atoms with van der Waals surface area (Å²) < 4.78 is 0. The van der Waals surface area contributed by atoms with Crippen molar-refractivity contribution in [3.63, 3.8) is 0 Å². The van der Waals surface area contributed by atoms with Gasteiger partial charge in [-0.05, 0) is 26.2 Å². The summed E-state index contributed by atoms with van der Waals surface area (Å²) in [6.45, 7) is 6.61. The molecule has 0 aromatic carbocycles. The Morgan fingerprint density at radius 1 is 0.500 bits per heavy atom. The molecule has 0 aliphatic heterocycles. The van der Waals surface area contributed by atoms with Crippen molar-refractivity contribution < 1.29 is 50.1 Å². The highest BCUT2D eigenvalue weighted by Crippen LogP contribution is 2.19. The summed E-state index contributed by atoms with van der Waals surface area (Å²) in [4.78, 5) is 30.1. The van der Waals surface area contributed by atoms with Crippen LogP contribution in [0, 0.1) is 5.41 Å². The summed E-state index contributed by atoms with van der Waals surface area (Å²) in [5, 5.41) is 59.8. The topological polar surface area (TPSA) is 193 Å². The minimum absolute atomic E-state index is 0.337. The van der Waals surface area contributed by atoms with E-state index in [1.54, 1.807) is 0 Å². The molecule has 0 saturated carbocycles. The van der Waals surface area contributed by atoms with Gasteiger partial charge in [0, 0.05) is 19.3 Å². The molecular formula is C30H62O10. The van der Waals surface area contributed by atoms with Gasteiger partial charge in [-0.15, -0.1) is 0 Å². The maximum Gasteiger partial charge on any atom is 0.303 e. The van der Waals surface area contributed by atoms with Crippen molar-refractivity contribution in [3.05, 3.63) is 0 Å². The third-order valence-electron chi connectivity index (χ3n) is 6.31. The van der Waals surface area contributed by atoms with Crippen molar-refractivity contribution >= 4 is 17.9 Å². The van der Waals surface area contributed by atoms with Crippen LogP contribution >= 0.6 is 0 Å². The van der Waals surface area contributed by atoms with Crippen LogP contribution in [0.4, 0.5) is 0 Å². The summed E-state index contributed by atoms with van der Waals surface area (Å²) in [5.41, 5.74) is -1.15. The summed E-state index contributed by atoms with van der Waals surface area (Å²) in [5.74, 6) is -2.01. The summed E-state index contributed by atoms with van der Waals surface area (Å²) in [6, 6.07) is 0. The lowest BCUT2D eigenvalue weighted by atomic mass is 9.86. The summed E-state index contributed by atoms with van der Waals surface area (Å²) in [7, 11) is 0. The van der Waals surface area contributed by atoms with Gasteiger partial charge in [0.2, 0.25) is 0 Å². The first-order valence-corrected chi connectivity index (χ1v) is 15.1. The molecule has 0 heterocycles. The number of unbranched alkanes of at least 4 members (excludes halogenated alkanes) is 12. The minimum Gasteiger partial charge on any atom is -0.481 e. The molecule has 0 rings (SSSR count). The third-order valence-corrected chi connectivity index (χ3v) is 6.31. The maximum atomic E-state index is 10.0. The molecule has 242 valence electrons. The number of hydrogen-bond acceptors (Lipinski definition) is 7. The molecule has 10 nitrogen and oxygen atoms in total. The molecule has 0 amide bonds. The molecule has 40 heavy (non-hydrogen) atoms. The fourth-order valence-electron chi connectivity index (χ4n) is 3.19. The monoisotopic (exact) mass is 582 g/mol. The van der Waals surface area contributed by atoms with Crippen LogP contribution in [-0.2, 0) is 14.4 Å². The van der Waals surface area contributed by atoms with Crippen molar-refractivity contribution in [2.45, 2.75) is 149 Å². The van der Waals surface area contributed by atoms with Crippen LogP contribution in [0.15, 0.2) is 0 Å². The fraction of sp³-hybridized carbons (Fsp3) is 0.900. The van der Waals surface area contributed by atoms with Crippen molar-refractivity contribution in [2.24, 2.45) is 5.41 Å². The number of rotatable bonds is 22. The highest BCUT2D eigenvalue weighted by molar-refractivity contribution is 5.67. The first-order valence-electron chi connectivity index (χ1n) is 15.1. The first kappa shape index (κ1) is 45.2. The van der Waals surface area contributed by atoms with E-state index < -0.39 is 49.2 Å². The fourth-order valence-corrected chi connectivity index (χ4v) is 3.19. The lowest BCUT2D eigenvalue weighted by Gasteiger charge is -2.30. The summed E-state index contributed by atoms with van der Waals surface area (Å²) in [6.07, 6.45) is 16.7. The van der Waals surface area contributed by atoms with Crippen molar-refractivity contribution in [3.8, 4) is 0 Å². The van der Waals surface area contributed by atoms with E-state index in [4.69, 9.17) is 35.7 Å². The van der Waals surface area contributed by atoms with E-state index in [2.05, 4.69) is 20.8 Å². The zero-order valence-electron chi connectivity index (χ0n) is 25.8. The Bertz CT molecular complexity index is 483. The summed E-state index contributed by atoms with van der Waals surface area (Å²) >= 11 is 0. The van der Waals surface area contributed by atoms with E-state index in [-0.39, 0.29) is 0 Å². The lowest BCUT2D eigenvalue weighted by Crippen LogP contribution is -2.43. The molecule has 0 aromatic rings. The van der Waals surface area contributed by atoms with Gasteiger partial charge in [0.15, 0.2) is 0 Å². The molecular weight excluding hydrogens is 520 g/mol. The standard InChI is InChI=1S/3C8H16O2.C6H14O4/c3*1-2-3-4-5-6-7-8(9)10;1-5(10)6(2-7,3-8)4-9/h3*2-7H2,1H3,(H,9,10);5,7-10H,2-4H2,1H3. The first-order chi connectivity index (χ1) is 18.9. The Morgan fingerprint density at radius 2 is 0.725 bits per heavy atom. The van der Waals surface area contributed by atoms with Gasteiger partial charge in [0.1, 0.15) is 0 Å². The number of carboxylic acid groups (broad SMARTS) is 3. The second-order valence-corrected chi connectivity index (χ2v) is 10.2. The van der Waals surface area contributed by atoms with E-state index in [1.165, 1.54) is 64.7 Å². The molecule has 7 N–H and O–H groups in total. The Kier molecular flexibility index (Phi) is 39.9. The Morgan fingerprint density at radius 3 is 0.850 bits per heavy atom. The van der Waals surface area contributed by atoms with Crippen LogP contribution in [0.2, 0.25) is 0 Å². The van der Waals surface area contributed by atoms with Gasteiger partial charge in [-0.3, -0.25) is 14.4 Å². The van der Waals surface area contributed by atoms with Gasteiger partial charge in [0.25, 0.3) is 0 Å². The number of hydrogen-bond donors (Lipinski definition) is 7. The third kappa shape index (κ3) is 38.4. The smallest absolute Gasteiger partial charge is 0.303 e. The second-order valence-electron chi connectivity index (χ2n) is 10.2. The van der Waals surface area contributed by atoms with Crippen LogP contribution in [0.3, 0.4) is 0 Å². The van der Waals surface area contributed by atoms with Gasteiger partial charge in [-0.25, -0.2) is 0 Å². The SMILES string of the molecule is CC(O)C(CO)(CO)CO.CCCCCCCC(=O)O.CCCCCCCC(=O)O.CCCCCCCC(=O)O. The molecule has 10 heteroatoms. The molecule has 0 aromatic heterocycles. The van der Waals surface area contributed by atoms with E-state index in [0.717, 1.165) is 38.5 Å². The zero-order valence-corrected chi connectivity index (χ0v) is 25.8. The van der Waals surface area contributed by atoms with Gasteiger partial charge in [0.05, 0.1) is 31.3 Å². The number of aliphatic hydroxyl groups is 4. The molecule has 0 aliphatic rings. The van der Waals surface area contributed by atoms with Gasteiger partial charge < -0.3 is 35.7 Å². The van der Waals surface area contributed by atoms with E-state index in [0.29, 0.717) is 19.3 Å². The average molecular weight is 583 g/mol. The highest BCUT2D eigenvalue weighted by Gasteiger charge is 2.33. The maximum absolute atomic E-state index is 10.0. The van der Waals surface area contributed by atoms with Crippen LogP contribution in [0.25, 0.3) is 0 Å². The van der Waals surface area contributed by atoms with Crippen LogP contribution in [-0.4, -0.2) is 79.6 Å². The van der Waals surface area contributed by atoms with Crippen molar-refractivity contribution in [1.82, 2.24) is 0 Å². The van der Waals surface area contributed by atoms with Crippen molar-refractivity contribution in [2.75, 3.05) is 19.8 Å². The molecule has 0 radical (unpaired) electrons. The van der Waals surface area contributed by atoms with E-state index in [1.807, 2.05) is 0 Å². The number of aliphatic hydroxyl groups excluding tert-OH is 4. The normalized spacial score (nSPS) is 11.1. The Hall–Kier alpha value is -1.75. The lowest BCUT2D eigenvalue weighted by molar-refractivity contribution is -0.138. The number of carboxylic acids is 3. The Balaban J connectivity index is -0.000000216. The molecule has 1 unspecified atom stereocenters. The van der Waals surface area contributed by atoms with E-state index in [9.17, 15) is 14.4 Å². The quantitative estimate of drug-likeness (QED) is 0.0787. The van der Waals surface area contributed by atoms with Crippen LogP contribution in [0.1, 0.15) is 143 Å². The van der Waals surface area contributed by atoms with Gasteiger partial charge in [-0.1, -0.05) is 97.8 Å². The molecule has 0 spiro atoms. The molecule has 0 bridgehead atoms. The number of carbonyl (C=O) groups is 3.